The molecule has 1 heterocycles. The maximum absolute atomic E-state index is 8.84. The van der Waals surface area contributed by atoms with E-state index in [-0.39, 0.29) is 6.61 Å². The van der Waals surface area contributed by atoms with Gasteiger partial charge in [-0.2, -0.15) is 0 Å². The molecule has 0 bridgehead atoms. The number of nitrogens with zero attached hydrogens (tertiary/aromatic N) is 1. The Balaban J connectivity index is 2.02. The SMILES string of the molecule is Cc1cccc(C)c1OCc1nc(CCO)cs1. The van der Waals surface area contributed by atoms with Gasteiger partial charge in [-0.15, -0.1) is 11.3 Å². The van der Waals surface area contributed by atoms with Crippen LogP contribution in [-0.4, -0.2) is 16.7 Å². The number of hydrogen-bond acceptors (Lipinski definition) is 4. The highest BCUT2D eigenvalue weighted by Gasteiger charge is 2.06. The number of aliphatic hydroxyl groups is 1. The molecule has 0 saturated carbocycles. The Labute approximate surface area is 111 Å². The van der Waals surface area contributed by atoms with Crippen molar-refractivity contribution in [2.75, 3.05) is 6.61 Å². The zero-order chi connectivity index (χ0) is 13.0. The van der Waals surface area contributed by atoms with Crippen molar-refractivity contribution < 1.29 is 9.84 Å². The lowest BCUT2D eigenvalue weighted by atomic mass is 10.1. The van der Waals surface area contributed by atoms with E-state index in [1.165, 1.54) is 0 Å². The first kappa shape index (κ1) is 13.1. The van der Waals surface area contributed by atoms with Crippen molar-refractivity contribution in [2.45, 2.75) is 26.9 Å². The van der Waals surface area contributed by atoms with Gasteiger partial charge in [0.25, 0.3) is 0 Å². The highest BCUT2D eigenvalue weighted by Crippen LogP contribution is 2.24. The minimum absolute atomic E-state index is 0.140. The van der Waals surface area contributed by atoms with Crippen LogP contribution in [-0.2, 0) is 13.0 Å². The summed E-state index contributed by atoms with van der Waals surface area (Å²) in [5, 5.41) is 11.8. The van der Waals surface area contributed by atoms with Crippen LogP contribution in [0.15, 0.2) is 23.6 Å². The summed E-state index contributed by atoms with van der Waals surface area (Å²) in [4.78, 5) is 4.41. The molecule has 1 aromatic heterocycles. The van der Waals surface area contributed by atoms with Crippen LogP contribution in [0.2, 0.25) is 0 Å². The smallest absolute Gasteiger partial charge is 0.140 e. The van der Waals surface area contributed by atoms with E-state index in [0.29, 0.717) is 13.0 Å². The number of aromatic nitrogens is 1. The number of hydrogen-bond donors (Lipinski definition) is 1. The number of thiazole rings is 1. The largest absolute Gasteiger partial charge is 0.486 e. The highest BCUT2D eigenvalue weighted by atomic mass is 32.1. The lowest BCUT2D eigenvalue weighted by Crippen LogP contribution is -1.99. The molecule has 4 heteroatoms. The van der Waals surface area contributed by atoms with E-state index in [4.69, 9.17) is 9.84 Å². The molecule has 0 spiro atoms. The average Bonchev–Trinajstić information content (AvgIpc) is 2.77. The summed E-state index contributed by atoms with van der Waals surface area (Å²) in [5.41, 5.74) is 3.21. The predicted octanol–water partition coefficient (Wildman–Crippen LogP) is 2.87. The van der Waals surface area contributed by atoms with Crippen LogP contribution in [0.25, 0.3) is 0 Å². The zero-order valence-corrected chi connectivity index (χ0v) is 11.5. The third kappa shape index (κ3) is 3.09. The summed E-state index contributed by atoms with van der Waals surface area (Å²) in [6.45, 7) is 4.71. The normalized spacial score (nSPS) is 10.6. The summed E-state index contributed by atoms with van der Waals surface area (Å²) in [6, 6.07) is 6.11. The van der Waals surface area contributed by atoms with Crippen molar-refractivity contribution in [1.29, 1.82) is 0 Å². The Morgan fingerprint density at radius 2 is 2.00 bits per heavy atom. The van der Waals surface area contributed by atoms with Crippen molar-refractivity contribution in [2.24, 2.45) is 0 Å². The Morgan fingerprint density at radius 1 is 1.28 bits per heavy atom. The molecule has 3 nitrogen and oxygen atoms in total. The molecule has 0 unspecified atom stereocenters. The fourth-order valence-electron chi connectivity index (χ4n) is 1.81. The molecule has 96 valence electrons. The maximum Gasteiger partial charge on any atom is 0.140 e. The predicted molar refractivity (Wildman–Crippen MR) is 73.2 cm³/mol. The minimum Gasteiger partial charge on any atom is -0.486 e. The first-order valence-electron chi connectivity index (χ1n) is 5.94. The van der Waals surface area contributed by atoms with E-state index in [0.717, 1.165) is 27.6 Å². The van der Waals surface area contributed by atoms with Crippen molar-refractivity contribution >= 4 is 11.3 Å². The van der Waals surface area contributed by atoms with Crippen LogP contribution in [0.3, 0.4) is 0 Å². The van der Waals surface area contributed by atoms with Crippen LogP contribution in [0.4, 0.5) is 0 Å². The van der Waals surface area contributed by atoms with Gasteiger partial charge < -0.3 is 9.84 Å². The second-order valence-electron chi connectivity index (χ2n) is 4.22. The Kier molecular flexibility index (Phi) is 4.33. The van der Waals surface area contributed by atoms with Crippen LogP contribution in [0.5, 0.6) is 5.75 Å². The van der Waals surface area contributed by atoms with Gasteiger partial charge in [0, 0.05) is 18.4 Å². The topological polar surface area (TPSA) is 42.4 Å². The molecule has 0 aliphatic heterocycles. The van der Waals surface area contributed by atoms with Crippen LogP contribution < -0.4 is 4.74 Å². The second kappa shape index (κ2) is 5.98. The highest BCUT2D eigenvalue weighted by molar-refractivity contribution is 7.09. The molecule has 0 fully saturated rings. The molecular formula is C14H17NO2S. The first-order chi connectivity index (χ1) is 8.70. The molecule has 0 aliphatic rings. The Hall–Kier alpha value is -1.39. The van der Waals surface area contributed by atoms with Gasteiger partial charge in [0.2, 0.25) is 0 Å². The summed E-state index contributed by atoms with van der Waals surface area (Å²) < 4.78 is 5.83. The maximum atomic E-state index is 8.84. The molecule has 0 atom stereocenters. The van der Waals surface area contributed by atoms with E-state index in [9.17, 15) is 0 Å². The number of ether oxygens (including phenoxy) is 1. The number of aryl methyl sites for hydroxylation is 2. The Morgan fingerprint density at radius 3 is 2.67 bits per heavy atom. The fraction of sp³-hybridized carbons (Fsp3) is 0.357. The molecule has 1 N–H and O–H groups in total. The van der Waals surface area contributed by atoms with Crippen LogP contribution in [0.1, 0.15) is 21.8 Å². The molecule has 0 amide bonds. The molecule has 0 radical (unpaired) electrons. The van der Waals surface area contributed by atoms with Gasteiger partial charge in [-0.25, -0.2) is 4.98 Å². The number of rotatable bonds is 5. The molecule has 1 aromatic carbocycles. The number of aliphatic hydroxyl groups excluding tert-OH is 1. The molecule has 2 aromatic rings. The molecule has 0 aliphatic carbocycles. The molecular weight excluding hydrogens is 246 g/mol. The van der Waals surface area contributed by atoms with E-state index >= 15 is 0 Å². The van der Waals surface area contributed by atoms with Crippen molar-refractivity contribution in [3.63, 3.8) is 0 Å². The zero-order valence-electron chi connectivity index (χ0n) is 10.6. The van der Waals surface area contributed by atoms with Gasteiger partial charge in [-0.1, -0.05) is 18.2 Å². The van der Waals surface area contributed by atoms with Gasteiger partial charge >= 0.3 is 0 Å². The second-order valence-corrected chi connectivity index (χ2v) is 5.16. The quantitative estimate of drug-likeness (QED) is 0.902. The van der Waals surface area contributed by atoms with Gasteiger partial charge in [-0.3, -0.25) is 0 Å². The van der Waals surface area contributed by atoms with Gasteiger partial charge in [0.05, 0.1) is 5.69 Å². The van der Waals surface area contributed by atoms with E-state index in [1.807, 2.05) is 37.4 Å². The van der Waals surface area contributed by atoms with Crippen LogP contribution in [0, 0.1) is 13.8 Å². The Bertz CT molecular complexity index is 502. The van der Waals surface area contributed by atoms with Crippen molar-refractivity contribution in [3.05, 3.63) is 45.4 Å². The van der Waals surface area contributed by atoms with Crippen molar-refractivity contribution in [1.82, 2.24) is 4.98 Å². The summed E-state index contributed by atoms with van der Waals surface area (Å²) >= 11 is 1.57. The summed E-state index contributed by atoms with van der Waals surface area (Å²) in [6.07, 6.45) is 0.611. The molecule has 18 heavy (non-hydrogen) atoms. The number of para-hydroxylation sites is 1. The van der Waals surface area contributed by atoms with E-state index in [1.54, 1.807) is 11.3 Å². The lowest BCUT2D eigenvalue weighted by molar-refractivity contribution is 0.294. The van der Waals surface area contributed by atoms with E-state index < -0.39 is 0 Å². The average molecular weight is 263 g/mol. The summed E-state index contributed by atoms with van der Waals surface area (Å²) in [7, 11) is 0. The lowest BCUT2D eigenvalue weighted by Gasteiger charge is -2.10. The monoisotopic (exact) mass is 263 g/mol. The van der Waals surface area contributed by atoms with Gasteiger partial charge in [-0.05, 0) is 25.0 Å². The van der Waals surface area contributed by atoms with Gasteiger partial charge in [0.15, 0.2) is 0 Å². The van der Waals surface area contributed by atoms with Crippen LogP contribution >= 0.6 is 11.3 Å². The molecule has 0 saturated heterocycles. The molecule has 2 rings (SSSR count). The first-order valence-corrected chi connectivity index (χ1v) is 6.82. The van der Waals surface area contributed by atoms with E-state index in [2.05, 4.69) is 4.98 Å². The minimum atomic E-state index is 0.140. The number of benzene rings is 1. The van der Waals surface area contributed by atoms with Crippen molar-refractivity contribution in [3.8, 4) is 5.75 Å². The fourth-order valence-corrected chi connectivity index (χ4v) is 2.54. The van der Waals surface area contributed by atoms with Gasteiger partial charge in [0.1, 0.15) is 17.4 Å². The third-order valence-electron chi connectivity index (χ3n) is 2.72. The summed E-state index contributed by atoms with van der Waals surface area (Å²) in [5.74, 6) is 0.941. The third-order valence-corrected chi connectivity index (χ3v) is 3.59. The standard InChI is InChI=1S/C14H17NO2S/c1-10-4-3-5-11(2)14(10)17-8-13-15-12(6-7-16)9-18-13/h3-5,9,16H,6-8H2,1-2H3.